The molecule has 0 spiro atoms. The highest BCUT2D eigenvalue weighted by atomic mass is 16.5. The summed E-state index contributed by atoms with van der Waals surface area (Å²) in [5.74, 6) is 1.65. The second-order valence-electron chi connectivity index (χ2n) is 6.37. The van der Waals surface area contributed by atoms with Crippen molar-refractivity contribution in [3.8, 4) is 5.75 Å². The van der Waals surface area contributed by atoms with Gasteiger partial charge >= 0.3 is 0 Å². The molecule has 0 aliphatic carbocycles. The van der Waals surface area contributed by atoms with Crippen LogP contribution in [0, 0.1) is 19.8 Å². The third-order valence-corrected chi connectivity index (χ3v) is 3.63. The molecule has 0 aliphatic rings. The number of benzene rings is 2. The van der Waals surface area contributed by atoms with Crippen molar-refractivity contribution in [2.24, 2.45) is 5.92 Å². The number of hydrogen-bond donors (Lipinski definition) is 1. The zero-order valence-electron chi connectivity index (χ0n) is 14.1. The van der Waals surface area contributed by atoms with Gasteiger partial charge in [0.25, 0.3) is 0 Å². The van der Waals surface area contributed by atoms with Crippen LogP contribution >= 0.6 is 0 Å². The van der Waals surface area contributed by atoms with Crippen LogP contribution in [0.3, 0.4) is 0 Å². The first-order valence-electron chi connectivity index (χ1n) is 8.07. The molecule has 2 heteroatoms. The Morgan fingerprint density at radius 2 is 1.68 bits per heavy atom. The van der Waals surface area contributed by atoms with Crippen molar-refractivity contribution in [3.05, 3.63) is 59.2 Å². The zero-order valence-corrected chi connectivity index (χ0v) is 14.1. The van der Waals surface area contributed by atoms with E-state index in [1.165, 1.54) is 16.7 Å². The number of nitrogens with one attached hydrogen (secondary N) is 1. The van der Waals surface area contributed by atoms with E-state index in [1.54, 1.807) is 0 Å². The molecule has 0 fully saturated rings. The van der Waals surface area contributed by atoms with E-state index in [1.807, 2.05) is 6.07 Å². The average molecular weight is 297 g/mol. The van der Waals surface area contributed by atoms with E-state index in [0.29, 0.717) is 5.92 Å². The summed E-state index contributed by atoms with van der Waals surface area (Å²) in [6.45, 7) is 10.2. The molecule has 22 heavy (non-hydrogen) atoms. The lowest BCUT2D eigenvalue weighted by atomic mass is 10.1. The number of anilines is 1. The van der Waals surface area contributed by atoms with Crippen LogP contribution in [-0.2, 0) is 6.54 Å². The van der Waals surface area contributed by atoms with Gasteiger partial charge in [0, 0.05) is 17.8 Å². The van der Waals surface area contributed by atoms with Crippen LogP contribution < -0.4 is 10.1 Å². The average Bonchev–Trinajstić information content (AvgIpc) is 2.45. The Hall–Kier alpha value is -1.96. The first-order valence-corrected chi connectivity index (χ1v) is 8.07. The van der Waals surface area contributed by atoms with Gasteiger partial charge in [0.1, 0.15) is 5.75 Å². The molecule has 0 saturated heterocycles. The largest absolute Gasteiger partial charge is 0.493 e. The Morgan fingerprint density at radius 1 is 1.00 bits per heavy atom. The van der Waals surface area contributed by atoms with Gasteiger partial charge in [-0.05, 0) is 55.5 Å². The van der Waals surface area contributed by atoms with E-state index in [0.717, 1.165) is 31.0 Å². The molecule has 0 unspecified atom stereocenters. The number of ether oxygens (including phenoxy) is 1. The van der Waals surface area contributed by atoms with Crippen molar-refractivity contribution in [1.29, 1.82) is 0 Å². The summed E-state index contributed by atoms with van der Waals surface area (Å²) in [6.07, 6.45) is 1.08. The van der Waals surface area contributed by atoms with Crippen molar-refractivity contribution in [2.45, 2.75) is 40.7 Å². The van der Waals surface area contributed by atoms with E-state index in [9.17, 15) is 0 Å². The fraction of sp³-hybridized carbons (Fsp3) is 0.400. The molecule has 2 rings (SSSR count). The van der Waals surface area contributed by atoms with Crippen LogP contribution in [-0.4, -0.2) is 6.61 Å². The molecule has 2 nitrogen and oxygen atoms in total. The van der Waals surface area contributed by atoms with E-state index in [4.69, 9.17) is 4.74 Å². The Balaban J connectivity index is 2.00. The van der Waals surface area contributed by atoms with Gasteiger partial charge in [0.2, 0.25) is 0 Å². The lowest BCUT2D eigenvalue weighted by Crippen LogP contribution is -2.06. The van der Waals surface area contributed by atoms with E-state index >= 15 is 0 Å². The summed E-state index contributed by atoms with van der Waals surface area (Å²) in [6, 6.07) is 14.8. The Bertz CT molecular complexity index is 584. The first-order chi connectivity index (χ1) is 10.5. The summed E-state index contributed by atoms with van der Waals surface area (Å²) in [4.78, 5) is 0. The molecule has 0 bridgehead atoms. The second-order valence-corrected chi connectivity index (χ2v) is 6.37. The molecule has 2 aromatic carbocycles. The topological polar surface area (TPSA) is 21.3 Å². The minimum Gasteiger partial charge on any atom is -0.493 e. The molecule has 0 radical (unpaired) electrons. The SMILES string of the molecule is Cc1cc(C)cc(NCc2ccccc2OCCC(C)C)c1. The smallest absolute Gasteiger partial charge is 0.124 e. The molecule has 118 valence electrons. The van der Waals surface area contributed by atoms with Gasteiger partial charge < -0.3 is 10.1 Å². The molecule has 0 aromatic heterocycles. The van der Waals surface area contributed by atoms with Gasteiger partial charge in [-0.25, -0.2) is 0 Å². The van der Waals surface area contributed by atoms with E-state index < -0.39 is 0 Å². The molecule has 0 aliphatic heterocycles. The number of hydrogen-bond acceptors (Lipinski definition) is 2. The number of para-hydroxylation sites is 1. The Kier molecular flexibility index (Phi) is 5.88. The minimum atomic E-state index is 0.667. The van der Waals surface area contributed by atoms with Gasteiger partial charge in [-0.15, -0.1) is 0 Å². The van der Waals surface area contributed by atoms with Crippen LogP contribution in [0.15, 0.2) is 42.5 Å². The van der Waals surface area contributed by atoms with Gasteiger partial charge in [-0.2, -0.15) is 0 Å². The Morgan fingerprint density at radius 3 is 2.36 bits per heavy atom. The monoisotopic (exact) mass is 297 g/mol. The van der Waals surface area contributed by atoms with E-state index in [-0.39, 0.29) is 0 Å². The molecule has 1 N–H and O–H groups in total. The normalized spacial score (nSPS) is 10.8. The molecule has 0 saturated carbocycles. The predicted octanol–water partition coefficient (Wildman–Crippen LogP) is 5.34. The van der Waals surface area contributed by atoms with Crippen LogP contribution in [0.2, 0.25) is 0 Å². The summed E-state index contributed by atoms with van der Waals surface area (Å²) >= 11 is 0. The van der Waals surface area contributed by atoms with Crippen LogP contribution in [0.5, 0.6) is 5.75 Å². The Labute approximate surface area is 134 Å². The summed E-state index contributed by atoms with van der Waals surface area (Å²) in [5.41, 5.74) is 4.92. The quantitative estimate of drug-likeness (QED) is 0.744. The van der Waals surface area contributed by atoms with Crippen molar-refractivity contribution in [2.75, 3.05) is 11.9 Å². The fourth-order valence-electron chi connectivity index (χ4n) is 2.47. The highest BCUT2D eigenvalue weighted by Crippen LogP contribution is 2.21. The summed E-state index contributed by atoms with van der Waals surface area (Å²) in [5, 5.41) is 3.50. The zero-order chi connectivity index (χ0) is 15.9. The van der Waals surface area contributed by atoms with Gasteiger partial charge in [0.05, 0.1) is 6.61 Å². The molecule has 0 atom stereocenters. The van der Waals surface area contributed by atoms with Crippen LogP contribution in [0.25, 0.3) is 0 Å². The molecule has 0 amide bonds. The van der Waals surface area contributed by atoms with Crippen molar-refractivity contribution >= 4 is 5.69 Å². The predicted molar refractivity (Wildman–Crippen MR) is 94.6 cm³/mol. The maximum atomic E-state index is 5.94. The second kappa shape index (κ2) is 7.88. The maximum Gasteiger partial charge on any atom is 0.124 e. The minimum absolute atomic E-state index is 0.667. The lowest BCUT2D eigenvalue weighted by Gasteiger charge is -2.14. The highest BCUT2D eigenvalue weighted by molar-refractivity contribution is 5.49. The maximum absolute atomic E-state index is 5.94. The summed E-state index contributed by atoms with van der Waals surface area (Å²) in [7, 11) is 0. The van der Waals surface area contributed by atoms with Crippen LogP contribution in [0.4, 0.5) is 5.69 Å². The third-order valence-electron chi connectivity index (χ3n) is 3.63. The first kappa shape index (κ1) is 16.4. The van der Waals surface area contributed by atoms with Gasteiger partial charge in [-0.1, -0.05) is 38.1 Å². The van der Waals surface area contributed by atoms with Gasteiger partial charge in [-0.3, -0.25) is 0 Å². The third kappa shape index (κ3) is 5.10. The van der Waals surface area contributed by atoms with Crippen LogP contribution in [0.1, 0.15) is 37.0 Å². The molecular formula is C20H27NO. The van der Waals surface area contributed by atoms with Crippen molar-refractivity contribution < 1.29 is 4.74 Å². The molecular weight excluding hydrogens is 270 g/mol. The standard InChI is InChI=1S/C20H27NO/c1-15(2)9-10-22-20-8-6-5-7-18(20)14-21-19-12-16(3)11-17(4)13-19/h5-8,11-13,15,21H,9-10,14H2,1-4H3. The van der Waals surface area contributed by atoms with Gasteiger partial charge in [0.15, 0.2) is 0 Å². The molecule has 0 heterocycles. The lowest BCUT2D eigenvalue weighted by molar-refractivity contribution is 0.287. The van der Waals surface area contributed by atoms with Crippen molar-refractivity contribution in [1.82, 2.24) is 0 Å². The number of aryl methyl sites for hydroxylation is 2. The van der Waals surface area contributed by atoms with Crippen molar-refractivity contribution in [3.63, 3.8) is 0 Å². The number of rotatable bonds is 7. The highest BCUT2D eigenvalue weighted by Gasteiger charge is 2.04. The fourth-order valence-corrected chi connectivity index (χ4v) is 2.47. The summed E-state index contributed by atoms with van der Waals surface area (Å²) < 4.78 is 5.94. The van der Waals surface area contributed by atoms with E-state index in [2.05, 4.69) is 69.4 Å². The molecule has 2 aromatic rings.